The lowest BCUT2D eigenvalue weighted by Gasteiger charge is -2.19. The first-order chi connectivity index (χ1) is 13.6. The van der Waals surface area contributed by atoms with Crippen LogP contribution in [0, 0.1) is 11.8 Å². The molecule has 1 aliphatic carbocycles. The molecule has 1 aliphatic rings. The van der Waals surface area contributed by atoms with Crippen molar-refractivity contribution < 1.29 is 19.1 Å². The summed E-state index contributed by atoms with van der Waals surface area (Å²) in [5.41, 5.74) is 7.64. The van der Waals surface area contributed by atoms with Gasteiger partial charge in [0, 0.05) is 5.92 Å². The molecule has 156 valence electrons. The van der Waals surface area contributed by atoms with Gasteiger partial charge >= 0.3 is 5.97 Å². The van der Waals surface area contributed by atoms with Gasteiger partial charge in [0.25, 0.3) is 0 Å². The van der Waals surface area contributed by atoms with Crippen LogP contribution in [0.4, 0.5) is 5.69 Å². The molecule has 2 aromatic carbocycles. The van der Waals surface area contributed by atoms with E-state index in [0.29, 0.717) is 30.2 Å². The number of nitrogens with two attached hydrogens (primary N) is 1. The maximum atomic E-state index is 12.8. The summed E-state index contributed by atoms with van der Waals surface area (Å²) in [5, 5.41) is 2.95. The van der Waals surface area contributed by atoms with Gasteiger partial charge in [-0.25, -0.2) is 4.79 Å². The Morgan fingerprint density at radius 2 is 1.90 bits per heavy atom. The molecule has 0 spiro atoms. The fourth-order valence-electron chi connectivity index (χ4n) is 3.62. The molecule has 0 aliphatic heterocycles. The second-order valence-corrected chi connectivity index (χ2v) is 7.00. The molecule has 1 saturated carbocycles. The molecule has 2 aromatic rings. The number of carbonyl (C=O) groups excluding carboxylic acids is 2. The van der Waals surface area contributed by atoms with Gasteiger partial charge in [0.15, 0.2) is 0 Å². The zero-order chi connectivity index (χ0) is 19.9. The number of rotatable bonds is 7. The minimum Gasteiger partial charge on any atom is -0.487 e. The van der Waals surface area contributed by atoms with E-state index in [1.165, 1.54) is 7.11 Å². The van der Waals surface area contributed by atoms with Gasteiger partial charge in [-0.2, -0.15) is 0 Å². The van der Waals surface area contributed by atoms with E-state index in [-0.39, 0.29) is 30.2 Å². The first-order valence-corrected chi connectivity index (χ1v) is 9.52. The zero-order valence-electron chi connectivity index (χ0n) is 16.4. The molecule has 0 aromatic heterocycles. The van der Waals surface area contributed by atoms with Crippen molar-refractivity contribution in [1.29, 1.82) is 0 Å². The number of amides is 1. The third kappa shape index (κ3) is 5.71. The number of anilines is 1. The summed E-state index contributed by atoms with van der Waals surface area (Å²) < 4.78 is 10.7. The van der Waals surface area contributed by atoms with Crippen molar-refractivity contribution in [3.8, 4) is 5.75 Å². The van der Waals surface area contributed by atoms with Crippen LogP contribution in [-0.2, 0) is 16.1 Å². The summed E-state index contributed by atoms with van der Waals surface area (Å²) >= 11 is 0. The minimum atomic E-state index is -0.467. The number of esters is 1. The van der Waals surface area contributed by atoms with Gasteiger partial charge in [-0.15, -0.1) is 12.4 Å². The fourth-order valence-corrected chi connectivity index (χ4v) is 3.62. The van der Waals surface area contributed by atoms with Crippen LogP contribution in [-0.4, -0.2) is 25.5 Å². The second kappa shape index (κ2) is 10.8. The fraction of sp³-hybridized carbons (Fsp3) is 0.364. The lowest BCUT2D eigenvalue weighted by Crippen LogP contribution is -2.30. The molecule has 29 heavy (non-hydrogen) atoms. The van der Waals surface area contributed by atoms with Crippen LogP contribution in [0.2, 0.25) is 0 Å². The van der Waals surface area contributed by atoms with Crippen molar-refractivity contribution in [2.75, 3.05) is 19.0 Å². The summed E-state index contributed by atoms with van der Waals surface area (Å²) in [6.07, 6.45) is 2.79. The quantitative estimate of drug-likeness (QED) is 0.667. The average Bonchev–Trinajstić information content (AvgIpc) is 3.22. The predicted molar refractivity (Wildman–Crippen MR) is 114 cm³/mol. The Labute approximate surface area is 177 Å². The third-order valence-corrected chi connectivity index (χ3v) is 5.19. The van der Waals surface area contributed by atoms with Crippen LogP contribution in [0.15, 0.2) is 48.5 Å². The van der Waals surface area contributed by atoms with E-state index < -0.39 is 5.97 Å². The highest BCUT2D eigenvalue weighted by Gasteiger charge is 2.32. The Morgan fingerprint density at radius 3 is 2.59 bits per heavy atom. The standard InChI is InChI=1S/C22H26N2O4.ClH/c1-27-22(26)16-10-11-20(28-14-15-6-3-2-4-7-15)19(12-16)24-21(25)18-9-5-8-17(18)13-23;/h2-4,6-7,10-12,17-18H,5,8-9,13-14,23H2,1H3,(H,24,25);1H/t17-,18-;/m1./s1. The van der Waals surface area contributed by atoms with E-state index in [2.05, 4.69) is 5.32 Å². The van der Waals surface area contributed by atoms with Crippen molar-refractivity contribution >= 4 is 30.0 Å². The number of carbonyl (C=O) groups is 2. The summed E-state index contributed by atoms with van der Waals surface area (Å²) in [6, 6.07) is 14.6. The molecule has 0 saturated heterocycles. The predicted octanol–water partition coefficient (Wildman–Crippen LogP) is 3.79. The smallest absolute Gasteiger partial charge is 0.337 e. The van der Waals surface area contributed by atoms with Crippen molar-refractivity contribution in [3.05, 3.63) is 59.7 Å². The first-order valence-electron chi connectivity index (χ1n) is 9.52. The van der Waals surface area contributed by atoms with Gasteiger partial charge in [0.05, 0.1) is 18.4 Å². The number of ether oxygens (including phenoxy) is 2. The molecule has 1 fully saturated rings. The normalized spacial score (nSPS) is 17.9. The van der Waals surface area contributed by atoms with Gasteiger partial charge < -0.3 is 20.5 Å². The summed E-state index contributed by atoms with van der Waals surface area (Å²) in [5.74, 6) is 0.0312. The maximum absolute atomic E-state index is 12.8. The number of hydrogen-bond acceptors (Lipinski definition) is 5. The van der Waals surface area contributed by atoms with E-state index in [1.807, 2.05) is 30.3 Å². The van der Waals surface area contributed by atoms with Gasteiger partial charge in [0.2, 0.25) is 5.91 Å². The lowest BCUT2D eigenvalue weighted by molar-refractivity contribution is -0.120. The highest BCUT2D eigenvalue weighted by molar-refractivity contribution is 5.97. The first kappa shape index (κ1) is 22.7. The minimum absolute atomic E-state index is 0. The van der Waals surface area contributed by atoms with Gasteiger partial charge in [0.1, 0.15) is 12.4 Å². The zero-order valence-corrected chi connectivity index (χ0v) is 17.2. The molecule has 0 heterocycles. The third-order valence-electron chi connectivity index (χ3n) is 5.19. The highest BCUT2D eigenvalue weighted by Crippen LogP contribution is 2.34. The maximum Gasteiger partial charge on any atom is 0.337 e. The Morgan fingerprint density at radius 1 is 1.14 bits per heavy atom. The van der Waals surface area contributed by atoms with Crippen LogP contribution in [0.25, 0.3) is 0 Å². The average molecular weight is 419 g/mol. The van der Waals surface area contributed by atoms with Crippen LogP contribution in [0.5, 0.6) is 5.75 Å². The number of nitrogens with one attached hydrogen (secondary N) is 1. The molecule has 2 atom stereocenters. The van der Waals surface area contributed by atoms with E-state index in [1.54, 1.807) is 18.2 Å². The second-order valence-electron chi connectivity index (χ2n) is 7.00. The number of methoxy groups -OCH3 is 1. The van der Waals surface area contributed by atoms with E-state index >= 15 is 0 Å². The van der Waals surface area contributed by atoms with Crippen LogP contribution in [0.3, 0.4) is 0 Å². The van der Waals surface area contributed by atoms with E-state index in [9.17, 15) is 9.59 Å². The van der Waals surface area contributed by atoms with Gasteiger partial charge in [-0.3, -0.25) is 4.79 Å². The number of halogens is 1. The van der Waals surface area contributed by atoms with E-state index in [4.69, 9.17) is 15.2 Å². The molecular weight excluding hydrogens is 392 g/mol. The molecule has 0 radical (unpaired) electrons. The van der Waals surface area contributed by atoms with Crippen molar-refractivity contribution in [2.45, 2.75) is 25.9 Å². The van der Waals surface area contributed by atoms with Gasteiger partial charge in [-0.05, 0) is 49.1 Å². The van der Waals surface area contributed by atoms with Crippen molar-refractivity contribution in [2.24, 2.45) is 17.6 Å². The molecule has 0 bridgehead atoms. The lowest BCUT2D eigenvalue weighted by atomic mass is 9.95. The topological polar surface area (TPSA) is 90.6 Å². The molecule has 3 rings (SSSR count). The number of hydrogen-bond donors (Lipinski definition) is 2. The summed E-state index contributed by atoms with van der Waals surface area (Å²) in [4.78, 5) is 24.7. The number of benzene rings is 2. The Kier molecular flexibility index (Phi) is 8.49. The van der Waals surface area contributed by atoms with Crippen LogP contribution >= 0.6 is 12.4 Å². The Bertz CT molecular complexity index is 829. The molecule has 1 amide bonds. The van der Waals surface area contributed by atoms with E-state index in [0.717, 1.165) is 24.8 Å². The molecular formula is C22H27ClN2O4. The molecule has 6 nitrogen and oxygen atoms in total. The molecule has 3 N–H and O–H groups in total. The largest absolute Gasteiger partial charge is 0.487 e. The summed E-state index contributed by atoms with van der Waals surface area (Å²) in [6.45, 7) is 0.855. The van der Waals surface area contributed by atoms with Crippen LogP contribution < -0.4 is 15.8 Å². The molecule has 7 heteroatoms. The molecule has 0 unspecified atom stereocenters. The van der Waals surface area contributed by atoms with Gasteiger partial charge in [-0.1, -0.05) is 36.8 Å². The Hall–Kier alpha value is -2.57. The monoisotopic (exact) mass is 418 g/mol. The van der Waals surface area contributed by atoms with Crippen molar-refractivity contribution in [3.63, 3.8) is 0 Å². The summed E-state index contributed by atoms with van der Waals surface area (Å²) in [7, 11) is 1.32. The highest BCUT2D eigenvalue weighted by atomic mass is 35.5. The van der Waals surface area contributed by atoms with Crippen molar-refractivity contribution in [1.82, 2.24) is 0 Å². The Balaban J connectivity index is 0.00000300. The van der Waals surface area contributed by atoms with Crippen LogP contribution in [0.1, 0.15) is 35.2 Å². The SMILES string of the molecule is COC(=O)c1ccc(OCc2ccccc2)c(NC(=O)[C@@H]2CCC[C@@H]2CN)c1.Cl.